The molecular weight excluding hydrogens is 434 g/mol. The van der Waals surface area contributed by atoms with E-state index in [9.17, 15) is 4.79 Å². The second-order valence-electron chi connectivity index (χ2n) is 8.17. The molecule has 0 aliphatic carbocycles. The van der Waals surface area contributed by atoms with Crippen molar-refractivity contribution in [2.75, 3.05) is 38.2 Å². The van der Waals surface area contributed by atoms with Crippen molar-refractivity contribution >= 4 is 32.7 Å². The normalized spacial score (nSPS) is 14.2. The zero-order valence-electron chi connectivity index (χ0n) is 19.1. The van der Waals surface area contributed by atoms with Crippen LogP contribution in [0.5, 0.6) is 5.75 Å². The third-order valence-corrected chi connectivity index (χ3v) is 7.35. The van der Waals surface area contributed by atoms with E-state index in [2.05, 4.69) is 11.8 Å². The second kappa shape index (κ2) is 8.86. The number of fused-ring (bicyclic) bond motifs is 1. The lowest BCUT2D eigenvalue weighted by molar-refractivity contribution is 0.0746. The average molecular weight is 462 g/mol. The summed E-state index contributed by atoms with van der Waals surface area (Å²) in [5.74, 6) is 0.916. The summed E-state index contributed by atoms with van der Waals surface area (Å²) in [7, 11) is 1.66. The number of benzene rings is 2. The lowest BCUT2D eigenvalue weighted by Gasteiger charge is -2.34. The van der Waals surface area contributed by atoms with Gasteiger partial charge in [0.25, 0.3) is 5.91 Å². The molecule has 1 aliphatic heterocycles. The van der Waals surface area contributed by atoms with E-state index in [1.807, 2.05) is 65.0 Å². The minimum Gasteiger partial charge on any atom is -0.497 e. The highest BCUT2D eigenvalue weighted by Gasteiger charge is 2.25. The maximum atomic E-state index is 12.9. The van der Waals surface area contributed by atoms with Gasteiger partial charge >= 0.3 is 0 Å². The molecule has 7 nitrogen and oxygen atoms in total. The first-order valence-electron chi connectivity index (χ1n) is 11.2. The van der Waals surface area contributed by atoms with Crippen molar-refractivity contribution in [3.05, 3.63) is 65.4 Å². The van der Waals surface area contributed by atoms with E-state index in [1.54, 1.807) is 18.4 Å². The number of carbonyl (C=O) groups excluding carboxylic acids is 1. The quantitative estimate of drug-likeness (QED) is 0.443. The summed E-state index contributed by atoms with van der Waals surface area (Å²) in [6.07, 6.45) is 0.977. The van der Waals surface area contributed by atoms with Gasteiger partial charge in [0, 0.05) is 31.7 Å². The fourth-order valence-corrected chi connectivity index (χ4v) is 5.17. The zero-order valence-corrected chi connectivity index (χ0v) is 19.9. The van der Waals surface area contributed by atoms with Gasteiger partial charge in [-0.1, -0.05) is 30.4 Å². The van der Waals surface area contributed by atoms with Crippen LogP contribution in [-0.2, 0) is 6.42 Å². The molecule has 4 aromatic rings. The van der Waals surface area contributed by atoms with Crippen LogP contribution in [0.25, 0.3) is 16.0 Å². The van der Waals surface area contributed by atoms with Gasteiger partial charge in [-0.15, -0.1) is 0 Å². The van der Waals surface area contributed by atoms with Crippen LogP contribution in [0.15, 0.2) is 48.5 Å². The van der Waals surface area contributed by atoms with Crippen molar-refractivity contribution in [3.8, 4) is 11.4 Å². The first-order chi connectivity index (χ1) is 16.1. The number of ether oxygens (including phenoxy) is 1. The number of nitrogens with zero attached hydrogens (tertiary/aromatic N) is 5. The van der Waals surface area contributed by atoms with Crippen LogP contribution in [0.4, 0.5) is 5.13 Å². The predicted octanol–water partition coefficient (Wildman–Crippen LogP) is 4.32. The molecule has 0 bridgehead atoms. The average Bonchev–Trinajstić information content (AvgIpc) is 3.44. The van der Waals surface area contributed by atoms with E-state index in [1.165, 1.54) is 5.56 Å². The number of piperazine rings is 1. The number of hydrogen-bond donors (Lipinski definition) is 0. The molecule has 1 saturated heterocycles. The summed E-state index contributed by atoms with van der Waals surface area (Å²) >= 11 is 1.67. The number of carbonyl (C=O) groups is 1. The molecule has 2 aromatic carbocycles. The molecule has 3 heterocycles. The molecule has 0 radical (unpaired) electrons. The molecule has 0 unspecified atom stereocenters. The lowest BCUT2D eigenvalue weighted by atomic mass is 10.1. The third-order valence-electron chi connectivity index (χ3n) is 6.14. The van der Waals surface area contributed by atoms with Gasteiger partial charge in [-0.25, -0.2) is 4.68 Å². The Hall–Kier alpha value is -3.39. The predicted molar refractivity (Wildman–Crippen MR) is 132 cm³/mol. The molecule has 33 heavy (non-hydrogen) atoms. The molecule has 1 amide bonds. The van der Waals surface area contributed by atoms with E-state index in [0.29, 0.717) is 13.1 Å². The molecule has 0 spiro atoms. The first kappa shape index (κ1) is 21.5. The highest BCUT2D eigenvalue weighted by molar-refractivity contribution is 7.22. The smallest absolute Gasteiger partial charge is 0.253 e. The Morgan fingerprint density at radius 2 is 1.73 bits per heavy atom. The van der Waals surface area contributed by atoms with Crippen molar-refractivity contribution < 1.29 is 9.53 Å². The Balaban J connectivity index is 1.31. The van der Waals surface area contributed by atoms with E-state index in [4.69, 9.17) is 14.8 Å². The van der Waals surface area contributed by atoms with Gasteiger partial charge in [-0.2, -0.15) is 10.1 Å². The highest BCUT2D eigenvalue weighted by atomic mass is 32.1. The minimum atomic E-state index is 0.104. The van der Waals surface area contributed by atoms with E-state index >= 15 is 0 Å². The molecule has 0 N–H and O–H groups in total. The van der Waals surface area contributed by atoms with Crippen LogP contribution < -0.4 is 9.64 Å². The summed E-state index contributed by atoms with van der Waals surface area (Å²) in [5.41, 5.74) is 4.79. The largest absolute Gasteiger partial charge is 0.497 e. The van der Waals surface area contributed by atoms with Gasteiger partial charge in [0.1, 0.15) is 5.75 Å². The number of methoxy groups -OCH3 is 1. The molecule has 1 fully saturated rings. The molecule has 2 aromatic heterocycles. The van der Waals surface area contributed by atoms with Gasteiger partial charge in [0.15, 0.2) is 10.8 Å². The van der Waals surface area contributed by atoms with Gasteiger partial charge in [0.2, 0.25) is 0 Å². The van der Waals surface area contributed by atoms with Crippen LogP contribution in [0.2, 0.25) is 0 Å². The number of anilines is 1. The Bertz CT molecular complexity index is 1270. The Morgan fingerprint density at radius 1 is 1.03 bits per heavy atom. The maximum Gasteiger partial charge on any atom is 0.253 e. The van der Waals surface area contributed by atoms with Crippen LogP contribution in [0, 0.1) is 6.92 Å². The third kappa shape index (κ3) is 4.06. The molecule has 0 saturated carbocycles. The van der Waals surface area contributed by atoms with Crippen molar-refractivity contribution in [2.45, 2.75) is 20.3 Å². The van der Waals surface area contributed by atoms with Gasteiger partial charge in [0.05, 0.1) is 23.2 Å². The summed E-state index contributed by atoms with van der Waals surface area (Å²) in [4.78, 5) is 22.1. The number of hydrogen-bond acceptors (Lipinski definition) is 6. The number of rotatable bonds is 5. The summed E-state index contributed by atoms with van der Waals surface area (Å²) in [6, 6.07) is 15.8. The fraction of sp³-hybridized carbons (Fsp3) is 0.320. The number of amides is 1. The lowest BCUT2D eigenvalue weighted by Crippen LogP contribution is -2.48. The molecule has 0 atom stereocenters. The molecule has 8 heteroatoms. The minimum absolute atomic E-state index is 0.104. The fourth-order valence-electron chi connectivity index (χ4n) is 4.13. The zero-order chi connectivity index (χ0) is 22.9. The van der Waals surface area contributed by atoms with Gasteiger partial charge in [-0.05, 0) is 55.3 Å². The van der Waals surface area contributed by atoms with Crippen LogP contribution in [0.3, 0.4) is 0 Å². The second-order valence-corrected chi connectivity index (χ2v) is 9.15. The van der Waals surface area contributed by atoms with E-state index in [-0.39, 0.29) is 5.91 Å². The summed E-state index contributed by atoms with van der Waals surface area (Å²) in [6.45, 7) is 7.05. The molecular formula is C25H27N5O2S. The van der Waals surface area contributed by atoms with E-state index < -0.39 is 0 Å². The van der Waals surface area contributed by atoms with Crippen LogP contribution in [-0.4, -0.2) is 58.9 Å². The Morgan fingerprint density at radius 3 is 2.36 bits per heavy atom. The van der Waals surface area contributed by atoms with Gasteiger partial charge < -0.3 is 14.5 Å². The van der Waals surface area contributed by atoms with Crippen molar-refractivity contribution in [3.63, 3.8) is 0 Å². The number of aromatic nitrogens is 3. The van der Waals surface area contributed by atoms with Crippen LogP contribution in [0.1, 0.15) is 28.5 Å². The van der Waals surface area contributed by atoms with Crippen molar-refractivity contribution in [1.82, 2.24) is 19.7 Å². The number of thiazole rings is 1. The summed E-state index contributed by atoms with van der Waals surface area (Å²) in [5, 5.41) is 5.67. The van der Waals surface area contributed by atoms with Crippen molar-refractivity contribution in [2.24, 2.45) is 0 Å². The SMILES string of the molecule is CCc1ccc(C(=O)N2CCN(c3nc4c(s3)c(C)nn4-c3ccc(OC)cc3)CC2)cc1. The molecule has 170 valence electrons. The topological polar surface area (TPSA) is 63.5 Å². The standard InChI is InChI=1S/C25H27N5O2S/c1-4-18-5-7-19(8-6-18)24(31)28-13-15-29(16-14-28)25-26-23-22(33-25)17(2)27-30(23)20-9-11-21(32-3)12-10-20/h5-12H,4,13-16H2,1-3H3. The first-order valence-corrected chi connectivity index (χ1v) is 12.0. The summed E-state index contributed by atoms with van der Waals surface area (Å²) < 4.78 is 8.25. The monoisotopic (exact) mass is 461 g/mol. The van der Waals surface area contributed by atoms with Crippen molar-refractivity contribution in [1.29, 1.82) is 0 Å². The number of aryl methyl sites for hydroxylation is 2. The molecule has 5 rings (SSSR count). The van der Waals surface area contributed by atoms with E-state index in [0.717, 1.165) is 57.7 Å². The maximum absolute atomic E-state index is 12.9. The van der Waals surface area contributed by atoms with Gasteiger partial charge in [-0.3, -0.25) is 4.79 Å². The molecule has 1 aliphatic rings. The Labute approximate surface area is 197 Å². The highest BCUT2D eigenvalue weighted by Crippen LogP contribution is 2.33. The Kier molecular flexibility index (Phi) is 5.76. The van der Waals surface area contributed by atoms with Crippen LogP contribution >= 0.6 is 11.3 Å².